The number of rotatable bonds is 6. The zero-order valence-electron chi connectivity index (χ0n) is 12.0. The first kappa shape index (κ1) is 14.5. The largest absolute Gasteiger partial charge is 0.382 e. The average Bonchev–Trinajstić information content (AvgIpc) is 2.46. The molecular formula is C17H26O2. The topological polar surface area (TPSA) is 29.5 Å². The van der Waals surface area contributed by atoms with Gasteiger partial charge in [0.15, 0.2) is 0 Å². The Hall–Kier alpha value is -0.860. The molecule has 2 nitrogen and oxygen atoms in total. The SMILES string of the molecule is CCCCCOC1CCCCC1(O)c1ccccc1. The van der Waals surface area contributed by atoms with E-state index in [1.807, 2.05) is 30.3 Å². The van der Waals surface area contributed by atoms with Gasteiger partial charge in [-0.2, -0.15) is 0 Å². The normalized spacial score (nSPS) is 27.4. The summed E-state index contributed by atoms with van der Waals surface area (Å²) in [5.41, 5.74) is 0.223. The van der Waals surface area contributed by atoms with Crippen molar-refractivity contribution in [1.82, 2.24) is 0 Å². The van der Waals surface area contributed by atoms with E-state index in [-0.39, 0.29) is 6.10 Å². The van der Waals surface area contributed by atoms with Crippen LogP contribution in [0.2, 0.25) is 0 Å². The molecule has 2 rings (SSSR count). The molecule has 0 aromatic heterocycles. The van der Waals surface area contributed by atoms with Gasteiger partial charge in [0, 0.05) is 6.61 Å². The molecule has 1 aromatic rings. The Bertz CT molecular complexity index is 363. The van der Waals surface area contributed by atoms with E-state index in [1.165, 1.54) is 12.8 Å². The summed E-state index contributed by atoms with van der Waals surface area (Å²) in [6.45, 7) is 2.97. The standard InChI is InChI=1S/C17H26O2/c1-2-3-9-14-19-16-12-7-8-13-17(16,18)15-10-5-4-6-11-15/h4-6,10-11,16,18H,2-3,7-9,12-14H2,1H3. The van der Waals surface area contributed by atoms with Crippen molar-refractivity contribution in [3.05, 3.63) is 35.9 Å². The number of hydrogen-bond acceptors (Lipinski definition) is 2. The molecule has 1 N–H and O–H groups in total. The number of ether oxygens (including phenoxy) is 1. The van der Waals surface area contributed by atoms with Gasteiger partial charge in [0.05, 0.1) is 6.10 Å². The van der Waals surface area contributed by atoms with Crippen molar-refractivity contribution in [2.45, 2.75) is 63.6 Å². The van der Waals surface area contributed by atoms with Crippen molar-refractivity contribution in [2.24, 2.45) is 0 Å². The van der Waals surface area contributed by atoms with Crippen LogP contribution in [0.3, 0.4) is 0 Å². The lowest BCUT2D eigenvalue weighted by molar-refractivity contribution is -0.137. The van der Waals surface area contributed by atoms with Crippen LogP contribution in [0.5, 0.6) is 0 Å². The smallest absolute Gasteiger partial charge is 0.116 e. The van der Waals surface area contributed by atoms with Gasteiger partial charge in [0.1, 0.15) is 5.60 Å². The highest BCUT2D eigenvalue weighted by atomic mass is 16.5. The molecule has 1 fully saturated rings. The molecule has 0 heterocycles. The lowest BCUT2D eigenvalue weighted by atomic mass is 9.77. The van der Waals surface area contributed by atoms with Crippen molar-refractivity contribution < 1.29 is 9.84 Å². The van der Waals surface area contributed by atoms with E-state index in [9.17, 15) is 5.11 Å². The van der Waals surface area contributed by atoms with Gasteiger partial charge in [0.2, 0.25) is 0 Å². The predicted molar refractivity (Wildman–Crippen MR) is 78.1 cm³/mol. The van der Waals surface area contributed by atoms with Crippen LogP contribution >= 0.6 is 0 Å². The van der Waals surface area contributed by atoms with Crippen molar-refractivity contribution in [1.29, 1.82) is 0 Å². The quantitative estimate of drug-likeness (QED) is 0.784. The molecule has 0 aliphatic heterocycles. The third-order valence-electron chi connectivity index (χ3n) is 4.15. The van der Waals surface area contributed by atoms with E-state index in [1.54, 1.807) is 0 Å². The number of benzene rings is 1. The first-order valence-electron chi connectivity index (χ1n) is 7.67. The number of unbranched alkanes of at least 4 members (excludes halogenated alkanes) is 2. The minimum absolute atomic E-state index is 0.0412. The first-order valence-corrected chi connectivity index (χ1v) is 7.67. The van der Waals surface area contributed by atoms with Crippen molar-refractivity contribution in [3.8, 4) is 0 Å². The Balaban J connectivity index is 2.02. The molecule has 106 valence electrons. The van der Waals surface area contributed by atoms with Crippen molar-refractivity contribution in [3.63, 3.8) is 0 Å². The van der Waals surface area contributed by atoms with Gasteiger partial charge in [-0.05, 0) is 24.8 Å². The molecule has 0 spiro atoms. The summed E-state index contributed by atoms with van der Waals surface area (Å²) in [7, 11) is 0. The Kier molecular flexibility index (Phi) is 5.41. The van der Waals surface area contributed by atoms with E-state index in [0.29, 0.717) is 0 Å². The molecule has 2 atom stereocenters. The van der Waals surface area contributed by atoms with E-state index in [0.717, 1.165) is 44.3 Å². The molecule has 0 amide bonds. The fourth-order valence-corrected chi connectivity index (χ4v) is 2.98. The molecule has 2 unspecified atom stereocenters. The molecule has 2 heteroatoms. The Morgan fingerprint density at radius 3 is 2.74 bits per heavy atom. The maximum atomic E-state index is 11.0. The molecule has 1 aliphatic carbocycles. The monoisotopic (exact) mass is 262 g/mol. The van der Waals surface area contributed by atoms with Gasteiger partial charge in [-0.3, -0.25) is 0 Å². The molecule has 1 saturated carbocycles. The summed E-state index contributed by atoms with van der Waals surface area (Å²) in [5, 5.41) is 11.0. The number of aliphatic hydroxyl groups is 1. The lowest BCUT2D eigenvalue weighted by Gasteiger charge is -2.40. The van der Waals surface area contributed by atoms with Crippen LogP contribution in [0.15, 0.2) is 30.3 Å². The second-order valence-electron chi connectivity index (χ2n) is 5.60. The van der Waals surface area contributed by atoms with E-state index >= 15 is 0 Å². The average molecular weight is 262 g/mol. The molecule has 0 bridgehead atoms. The second kappa shape index (κ2) is 7.06. The van der Waals surface area contributed by atoms with Crippen LogP contribution in [-0.4, -0.2) is 17.8 Å². The predicted octanol–water partition coefficient (Wildman–Crippen LogP) is 4.02. The van der Waals surface area contributed by atoms with Gasteiger partial charge in [0.25, 0.3) is 0 Å². The summed E-state index contributed by atoms with van der Waals surface area (Å²) >= 11 is 0. The first-order chi connectivity index (χ1) is 9.27. The van der Waals surface area contributed by atoms with Crippen molar-refractivity contribution in [2.75, 3.05) is 6.61 Å². The summed E-state index contributed by atoms with van der Waals surface area (Å²) in [5.74, 6) is 0. The van der Waals surface area contributed by atoms with Gasteiger partial charge >= 0.3 is 0 Å². The summed E-state index contributed by atoms with van der Waals surface area (Å²) in [4.78, 5) is 0. The van der Waals surface area contributed by atoms with Gasteiger partial charge in [-0.25, -0.2) is 0 Å². The van der Waals surface area contributed by atoms with E-state index in [4.69, 9.17) is 4.74 Å². The lowest BCUT2D eigenvalue weighted by Crippen LogP contribution is -2.44. The van der Waals surface area contributed by atoms with Crippen LogP contribution in [0.25, 0.3) is 0 Å². The molecular weight excluding hydrogens is 236 g/mol. The van der Waals surface area contributed by atoms with Crippen LogP contribution in [0, 0.1) is 0 Å². The molecule has 0 saturated heterocycles. The minimum atomic E-state index is -0.786. The third kappa shape index (κ3) is 3.58. The fourth-order valence-electron chi connectivity index (χ4n) is 2.98. The fraction of sp³-hybridized carbons (Fsp3) is 0.647. The summed E-state index contributed by atoms with van der Waals surface area (Å²) in [6.07, 6.45) is 7.49. The Morgan fingerprint density at radius 2 is 2.00 bits per heavy atom. The van der Waals surface area contributed by atoms with E-state index in [2.05, 4.69) is 6.92 Å². The van der Waals surface area contributed by atoms with E-state index < -0.39 is 5.60 Å². The minimum Gasteiger partial charge on any atom is -0.382 e. The highest BCUT2D eigenvalue weighted by Crippen LogP contribution is 2.39. The molecule has 0 radical (unpaired) electrons. The highest BCUT2D eigenvalue weighted by molar-refractivity contribution is 5.24. The molecule has 19 heavy (non-hydrogen) atoms. The van der Waals surface area contributed by atoms with Crippen LogP contribution in [0.4, 0.5) is 0 Å². The molecule has 1 aliphatic rings. The van der Waals surface area contributed by atoms with Crippen molar-refractivity contribution >= 4 is 0 Å². The summed E-state index contributed by atoms with van der Waals surface area (Å²) in [6, 6.07) is 10.0. The Morgan fingerprint density at radius 1 is 1.21 bits per heavy atom. The highest BCUT2D eigenvalue weighted by Gasteiger charge is 2.40. The maximum absolute atomic E-state index is 11.0. The third-order valence-corrected chi connectivity index (χ3v) is 4.15. The zero-order valence-corrected chi connectivity index (χ0v) is 12.0. The van der Waals surface area contributed by atoms with Crippen LogP contribution in [0.1, 0.15) is 57.4 Å². The summed E-state index contributed by atoms with van der Waals surface area (Å²) < 4.78 is 6.01. The number of hydrogen-bond donors (Lipinski definition) is 1. The van der Waals surface area contributed by atoms with Gasteiger partial charge in [-0.1, -0.05) is 62.9 Å². The Labute approximate surface area is 116 Å². The van der Waals surface area contributed by atoms with Crippen LogP contribution in [-0.2, 0) is 10.3 Å². The second-order valence-corrected chi connectivity index (χ2v) is 5.60. The molecule has 1 aromatic carbocycles. The van der Waals surface area contributed by atoms with Gasteiger partial charge in [-0.15, -0.1) is 0 Å². The maximum Gasteiger partial charge on any atom is 0.116 e. The van der Waals surface area contributed by atoms with Gasteiger partial charge < -0.3 is 9.84 Å². The van der Waals surface area contributed by atoms with Crippen LogP contribution < -0.4 is 0 Å². The zero-order chi connectivity index (χ0) is 13.6.